The van der Waals surface area contributed by atoms with Crippen LogP contribution in [0.3, 0.4) is 0 Å². The normalized spacial score (nSPS) is 12.1. The zero-order valence-electron chi connectivity index (χ0n) is 13.8. The molecular formula is C18H20F3N2O+. The Morgan fingerprint density at radius 1 is 1.08 bits per heavy atom. The molecule has 0 saturated carbocycles. The van der Waals surface area contributed by atoms with Crippen LogP contribution in [0.1, 0.15) is 16.7 Å². The molecule has 2 aromatic rings. The molecule has 6 heteroatoms. The lowest BCUT2D eigenvalue weighted by Gasteiger charge is -2.16. The minimum absolute atomic E-state index is 0.0752. The third-order valence-electron chi connectivity index (χ3n) is 3.76. The van der Waals surface area contributed by atoms with E-state index in [1.807, 2.05) is 33.0 Å². The zero-order valence-corrected chi connectivity index (χ0v) is 13.8. The maximum absolute atomic E-state index is 13.6. The number of rotatable bonds is 5. The highest BCUT2D eigenvalue weighted by Crippen LogP contribution is 2.19. The van der Waals surface area contributed by atoms with E-state index in [4.69, 9.17) is 0 Å². The average molecular weight is 337 g/mol. The Balaban J connectivity index is 1.98. The first kappa shape index (κ1) is 18.0. The van der Waals surface area contributed by atoms with Crippen LogP contribution >= 0.6 is 0 Å². The molecule has 2 aromatic carbocycles. The molecule has 1 amide bonds. The van der Waals surface area contributed by atoms with Crippen LogP contribution in [0, 0.1) is 31.3 Å². The van der Waals surface area contributed by atoms with E-state index in [-0.39, 0.29) is 12.2 Å². The number of halogens is 3. The van der Waals surface area contributed by atoms with Gasteiger partial charge in [-0.2, -0.15) is 0 Å². The van der Waals surface area contributed by atoms with Crippen LogP contribution in [0.5, 0.6) is 0 Å². The van der Waals surface area contributed by atoms with Crippen LogP contribution in [-0.2, 0) is 11.3 Å². The van der Waals surface area contributed by atoms with Crippen molar-refractivity contribution in [1.29, 1.82) is 0 Å². The molecule has 2 rings (SSSR count). The number of carbonyl (C=O) groups excluding carboxylic acids is 1. The third-order valence-corrected chi connectivity index (χ3v) is 3.76. The Bertz CT molecular complexity index is 762. The van der Waals surface area contributed by atoms with Gasteiger partial charge in [-0.25, -0.2) is 13.2 Å². The standard InChI is InChI=1S/C18H19F3N2O/c1-11-4-5-13(12(2)8-11)9-23(3)10-16(24)22-15-7-6-14(19)17(20)18(15)21/h4-8H,9-10H2,1-3H3,(H,22,24)/p+1. The fourth-order valence-electron chi connectivity index (χ4n) is 2.52. The van der Waals surface area contributed by atoms with Crippen molar-refractivity contribution >= 4 is 11.6 Å². The highest BCUT2D eigenvalue weighted by Gasteiger charge is 2.17. The van der Waals surface area contributed by atoms with Gasteiger partial charge in [0.25, 0.3) is 5.91 Å². The van der Waals surface area contributed by atoms with E-state index in [1.165, 1.54) is 5.56 Å². The molecule has 0 aliphatic carbocycles. The molecule has 1 unspecified atom stereocenters. The summed E-state index contributed by atoms with van der Waals surface area (Å²) in [6, 6.07) is 7.87. The van der Waals surface area contributed by atoms with Crippen molar-refractivity contribution < 1.29 is 22.9 Å². The number of anilines is 1. The molecule has 0 aliphatic rings. The van der Waals surface area contributed by atoms with E-state index in [9.17, 15) is 18.0 Å². The van der Waals surface area contributed by atoms with Gasteiger partial charge in [0.15, 0.2) is 24.0 Å². The lowest BCUT2D eigenvalue weighted by Crippen LogP contribution is -3.08. The highest BCUT2D eigenvalue weighted by molar-refractivity contribution is 5.91. The Kier molecular flexibility index (Phi) is 5.62. The van der Waals surface area contributed by atoms with Gasteiger partial charge >= 0.3 is 0 Å². The number of quaternary nitrogens is 1. The topological polar surface area (TPSA) is 33.5 Å². The Morgan fingerprint density at radius 2 is 1.79 bits per heavy atom. The van der Waals surface area contributed by atoms with E-state index in [2.05, 4.69) is 11.4 Å². The number of hydrogen-bond donors (Lipinski definition) is 2. The molecular weight excluding hydrogens is 317 g/mol. The Morgan fingerprint density at radius 3 is 2.46 bits per heavy atom. The molecule has 0 saturated heterocycles. The van der Waals surface area contributed by atoms with Crippen LogP contribution in [-0.4, -0.2) is 19.5 Å². The minimum atomic E-state index is -1.59. The fourth-order valence-corrected chi connectivity index (χ4v) is 2.52. The monoisotopic (exact) mass is 337 g/mol. The van der Waals surface area contributed by atoms with Crippen molar-refractivity contribution in [2.75, 3.05) is 18.9 Å². The molecule has 0 heterocycles. The van der Waals surface area contributed by atoms with Crippen LogP contribution in [0.4, 0.5) is 18.9 Å². The third kappa shape index (κ3) is 4.35. The fraction of sp³-hybridized carbons (Fsp3) is 0.278. The van der Waals surface area contributed by atoms with E-state index in [0.29, 0.717) is 6.54 Å². The molecule has 0 bridgehead atoms. The molecule has 24 heavy (non-hydrogen) atoms. The van der Waals surface area contributed by atoms with E-state index >= 15 is 0 Å². The number of amides is 1. The highest BCUT2D eigenvalue weighted by atomic mass is 19.2. The molecule has 2 N–H and O–H groups in total. The molecule has 128 valence electrons. The Labute approximate surface area is 139 Å². The quantitative estimate of drug-likeness (QED) is 0.807. The number of hydrogen-bond acceptors (Lipinski definition) is 1. The van der Waals surface area contributed by atoms with Crippen molar-refractivity contribution in [3.05, 3.63) is 64.5 Å². The van der Waals surface area contributed by atoms with Gasteiger partial charge in [-0.3, -0.25) is 4.79 Å². The number of benzene rings is 2. The van der Waals surface area contributed by atoms with Crippen LogP contribution in [0.2, 0.25) is 0 Å². The second-order valence-electron chi connectivity index (χ2n) is 6.01. The number of aryl methyl sites for hydroxylation is 2. The molecule has 0 aromatic heterocycles. The SMILES string of the molecule is Cc1ccc(C[NH+](C)CC(=O)Nc2ccc(F)c(F)c2F)c(C)c1. The zero-order chi connectivity index (χ0) is 17.9. The first-order valence-electron chi connectivity index (χ1n) is 7.58. The lowest BCUT2D eigenvalue weighted by atomic mass is 10.1. The summed E-state index contributed by atoms with van der Waals surface area (Å²) in [4.78, 5) is 12.9. The van der Waals surface area contributed by atoms with Gasteiger partial charge in [-0.15, -0.1) is 0 Å². The van der Waals surface area contributed by atoms with Gasteiger partial charge < -0.3 is 10.2 Å². The van der Waals surface area contributed by atoms with Gasteiger partial charge in [-0.05, 0) is 31.5 Å². The summed E-state index contributed by atoms with van der Waals surface area (Å²) in [7, 11) is 1.83. The molecule has 1 atom stereocenters. The van der Waals surface area contributed by atoms with Gasteiger partial charge in [0.05, 0.1) is 12.7 Å². The summed E-state index contributed by atoms with van der Waals surface area (Å²) < 4.78 is 39.6. The largest absolute Gasteiger partial charge is 0.326 e. The first-order valence-corrected chi connectivity index (χ1v) is 7.58. The predicted molar refractivity (Wildman–Crippen MR) is 86.3 cm³/mol. The van der Waals surface area contributed by atoms with Crippen molar-refractivity contribution in [1.82, 2.24) is 0 Å². The van der Waals surface area contributed by atoms with Crippen LogP contribution < -0.4 is 10.2 Å². The van der Waals surface area contributed by atoms with Gasteiger partial charge in [0.2, 0.25) is 0 Å². The summed E-state index contributed by atoms with van der Waals surface area (Å²) >= 11 is 0. The Hall–Kier alpha value is -2.34. The van der Waals surface area contributed by atoms with Crippen molar-refractivity contribution in [3.8, 4) is 0 Å². The molecule has 0 aliphatic heterocycles. The maximum atomic E-state index is 13.6. The van der Waals surface area contributed by atoms with Gasteiger partial charge in [0, 0.05) is 5.56 Å². The first-order chi connectivity index (χ1) is 11.3. The molecule has 0 spiro atoms. The van der Waals surface area contributed by atoms with Gasteiger partial charge in [0.1, 0.15) is 6.54 Å². The smallest absolute Gasteiger partial charge is 0.279 e. The van der Waals surface area contributed by atoms with Crippen molar-refractivity contribution in [3.63, 3.8) is 0 Å². The van der Waals surface area contributed by atoms with Gasteiger partial charge in [-0.1, -0.05) is 23.8 Å². The van der Waals surface area contributed by atoms with E-state index in [1.54, 1.807) is 0 Å². The van der Waals surface area contributed by atoms with E-state index < -0.39 is 23.4 Å². The second kappa shape index (κ2) is 7.49. The minimum Gasteiger partial charge on any atom is -0.326 e. The molecule has 0 radical (unpaired) electrons. The summed E-state index contributed by atoms with van der Waals surface area (Å²) in [6.07, 6.45) is 0. The van der Waals surface area contributed by atoms with Crippen molar-refractivity contribution in [2.45, 2.75) is 20.4 Å². The van der Waals surface area contributed by atoms with E-state index in [0.717, 1.165) is 28.2 Å². The van der Waals surface area contributed by atoms with Crippen LogP contribution in [0.25, 0.3) is 0 Å². The predicted octanol–water partition coefficient (Wildman–Crippen LogP) is 2.37. The lowest BCUT2D eigenvalue weighted by molar-refractivity contribution is -0.885. The van der Waals surface area contributed by atoms with Crippen LogP contribution in [0.15, 0.2) is 30.3 Å². The second-order valence-corrected chi connectivity index (χ2v) is 6.01. The van der Waals surface area contributed by atoms with Crippen molar-refractivity contribution in [2.24, 2.45) is 0 Å². The summed E-state index contributed by atoms with van der Waals surface area (Å²) in [5, 5.41) is 2.28. The number of likely N-dealkylation sites (N-methyl/N-ethyl adjacent to an activating group) is 1. The molecule has 3 nitrogen and oxygen atoms in total. The number of carbonyl (C=O) groups is 1. The summed E-state index contributed by atoms with van der Waals surface area (Å²) in [6.45, 7) is 4.72. The number of nitrogens with one attached hydrogen (secondary N) is 2. The average Bonchev–Trinajstić information content (AvgIpc) is 2.50. The maximum Gasteiger partial charge on any atom is 0.279 e. The summed E-state index contributed by atoms with van der Waals surface area (Å²) in [5.74, 6) is -4.75. The molecule has 0 fully saturated rings. The summed E-state index contributed by atoms with van der Waals surface area (Å²) in [5.41, 5.74) is 3.06.